The monoisotopic (exact) mass is 373 g/mol. The highest BCUT2D eigenvalue weighted by Gasteiger charge is 2.48. The maximum Gasteiger partial charge on any atom is 0.0352 e. The Hall–Kier alpha value is -2.02. The van der Waals surface area contributed by atoms with Gasteiger partial charge in [-0.1, -0.05) is 75.4 Å². The molecule has 2 aromatic carbocycles. The maximum atomic E-state index is 2.78. The lowest BCUT2D eigenvalue weighted by Crippen LogP contribution is -2.40. The lowest BCUT2D eigenvalue weighted by Gasteiger charge is -2.41. The topological polar surface area (TPSA) is 3.24 Å². The lowest BCUT2D eigenvalue weighted by molar-refractivity contribution is 0.197. The van der Waals surface area contributed by atoms with Crippen molar-refractivity contribution in [3.05, 3.63) is 71.5 Å². The highest BCUT2D eigenvalue weighted by molar-refractivity contribution is 5.83. The second-order valence-corrected chi connectivity index (χ2v) is 9.71. The fourth-order valence-electron chi connectivity index (χ4n) is 5.72. The largest absolute Gasteiger partial charge is 0.368 e. The van der Waals surface area contributed by atoms with Gasteiger partial charge in [0.15, 0.2) is 0 Å². The van der Waals surface area contributed by atoms with Crippen LogP contribution in [0.4, 0.5) is 0 Å². The van der Waals surface area contributed by atoms with Crippen molar-refractivity contribution in [2.75, 3.05) is 6.54 Å². The summed E-state index contributed by atoms with van der Waals surface area (Å²) in [5, 5.41) is 2.70. The molecule has 0 spiro atoms. The Labute approximate surface area is 171 Å². The number of benzene rings is 2. The summed E-state index contributed by atoms with van der Waals surface area (Å²) in [4.78, 5) is 2.78. The van der Waals surface area contributed by atoms with E-state index in [4.69, 9.17) is 0 Å². The van der Waals surface area contributed by atoms with E-state index in [1.54, 1.807) is 11.3 Å². The van der Waals surface area contributed by atoms with Gasteiger partial charge in [0.1, 0.15) is 0 Å². The van der Waals surface area contributed by atoms with Crippen molar-refractivity contribution in [3.8, 4) is 0 Å². The zero-order valence-corrected chi connectivity index (χ0v) is 18.3. The number of nitrogens with zero attached hydrogens (tertiary/aromatic N) is 1. The first-order valence-electron chi connectivity index (χ1n) is 11.0. The zero-order valence-electron chi connectivity index (χ0n) is 18.3. The highest BCUT2D eigenvalue weighted by Crippen LogP contribution is 2.48. The van der Waals surface area contributed by atoms with Crippen LogP contribution < -0.4 is 0 Å². The van der Waals surface area contributed by atoms with Gasteiger partial charge < -0.3 is 4.90 Å². The Kier molecular flexibility index (Phi) is 4.89. The van der Waals surface area contributed by atoms with E-state index in [2.05, 4.69) is 94.1 Å². The third kappa shape index (κ3) is 3.19. The first-order valence-corrected chi connectivity index (χ1v) is 11.0. The Morgan fingerprint density at radius 3 is 2.46 bits per heavy atom. The predicted molar refractivity (Wildman–Crippen MR) is 122 cm³/mol. The third-order valence-electron chi connectivity index (χ3n) is 7.13. The van der Waals surface area contributed by atoms with E-state index in [9.17, 15) is 0 Å². The van der Waals surface area contributed by atoms with E-state index >= 15 is 0 Å². The van der Waals surface area contributed by atoms with Gasteiger partial charge in [0.2, 0.25) is 0 Å². The Morgan fingerprint density at radius 1 is 1.00 bits per heavy atom. The number of likely N-dealkylation sites (tertiary alicyclic amines) is 1. The van der Waals surface area contributed by atoms with Crippen molar-refractivity contribution in [1.82, 2.24) is 4.90 Å². The first kappa shape index (κ1) is 19.3. The minimum absolute atomic E-state index is 0.175. The summed E-state index contributed by atoms with van der Waals surface area (Å²) < 4.78 is 0. The van der Waals surface area contributed by atoms with E-state index in [0.717, 1.165) is 13.0 Å². The molecule has 2 aliphatic rings. The predicted octanol–water partition coefficient (Wildman–Crippen LogP) is 7.23. The van der Waals surface area contributed by atoms with E-state index < -0.39 is 0 Å². The summed E-state index contributed by atoms with van der Waals surface area (Å²) in [5.74, 6) is 0.665. The van der Waals surface area contributed by atoms with Gasteiger partial charge in [-0.15, -0.1) is 0 Å². The summed E-state index contributed by atoms with van der Waals surface area (Å²) in [6.07, 6.45) is 9.52. The van der Waals surface area contributed by atoms with E-state index in [1.165, 1.54) is 35.6 Å². The number of hydrogen-bond donors (Lipinski definition) is 0. The quantitative estimate of drug-likeness (QED) is 0.546. The highest BCUT2D eigenvalue weighted by atomic mass is 15.2. The average Bonchev–Trinajstić information content (AvgIpc) is 2.96. The number of rotatable bonds is 4. The molecule has 0 saturated carbocycles. The van der Waals surface area contributed by atoms with Crippen molar-refractivity contribution < 1.29 is 0 Å². The van der Waals surface area contributed by atoms with Crippen LogP contribution in [0.3, 0.4) is 0 Å². The minimum Gasteiger partial charge on any atom is -0.368 e. The molecule has 1 fully saturated rings. The van der Waals surface area contributed by atoms with Crippen LogP contribution in [0.15, 0.2) is 65.9 Å². The molecule has 1 aliphatic heterocycles. The molecule has 0 aromatic heterocycles. The van der Waals surface area contributed by atoms with Crippen LogP contribution in [-0.2, 0) is 5.41 Å². The summed E-state index contributed by atoms with van der Waals surface area (Å²) >= 11 is 0. The van der Waals surface area contributed by atoms with E-state index in [0.29, 0.717) is 5.92 Å². The van der Waals surface area contributed by atoms with Crippen LogP contribution in [0, 0.1) is 5.92 Å². The molecule has 0 amide bonds. The van der Waals surface area contributed by atoms with Crippen LogP contribution >= 0.6 is 0 Å². The molecule has 1 heterocycles. The smallest absolute Gasteiger partial charge is 0.0352 e. The van der Waals surface area contributed by atoms with Gasteiger partial charge in [0.25, 0.3) is 0 Å². The Bertz CT molecular complexity index is 932. The number of allylic oxidation sites excluding steroid dienone is 4. The van der Waals surface area contributed by atoms with Crippen molar-refractivity contribution >= 4 is 10.8 Å². The Balaban J connectivity index is 1.75. The van der Waals surface area contributed by atoms with Crippen molar-refractivity contribution in [1.29, 1.82) is 0 Å². The van der Waals surface area contributed by atoms with Crippen LogP contribution in [-0.4, -0.2) is 17.0 Å². The van der Waals surface area contributed by atoms with Gasteiger partial charge in [-0.25, -0.2) is 0 Å². The molecule has 2 aromatic rings. The average molecular weight is 374 g/mol. The summed E-state index contributed by atoms with van der Waals surface area (Å²) in [6.45, 7) is 13.1. The second kappa shape index (κ2) is 7.10. The first-order chi connectivity index (χ1) is 13.4. The molecule has 28 heavy (non-hydrogen) atoms. The normalized spacial score (nSPS) is 27.0. The Morgan fingerprint density at radius 2 is 1.75 bits per heavy atom. The van der Waals surface area contributed by atoms with Crippen molar-refractivity contribution in [3.63, 3.8) is 0 Å². The SMILES string of the molecule is CCC1=C(N2CC(C)(c3ccc4ccccc4c3)CC2(C)C)[C@H](CC)CC=C1. The summed E-state index contributed by atoms with van der Waals surface area (Å²) in [7, 11) is 0. The summed E-state index contributed by atoms with van der Waals surface area (Å²) in [5.41, 5.74) is 5.02. The molecule has 148 valence electrons. The fourth-order valence-corrected chi connectivity index (χ4v) is 5.72. The molecular weight excluding hydrogens is 338 g/mol. The molecule has 0 bridgehead atoms. The molecule has 1 heteroatoms. The second-order valence-electron chi connectivity index (χ2n) is 9.71. The third-order valence-corrected chi connectivity index (χ3v) is 7.13. The molecule has 2 atom stereocenters. The molecule has 1 saturated heterocycles. The van der Waals surface area contributed by atoms with E-state index in [-0.39, 0.29) is 11.0 Å². The van der Waals surface area contributed by atoms with Crippen LogP contribution in [0.5, 0.6) is 0 Å². The summed E-state index contributed by atoms with van der Waals surface area (Å²) in [6, 6.07) is 15.8. The molecule has 0 N–H and O–H groups in total. The van der Waals surface area contributed by atoms with Crippen LogP contribution in [0.2, 0.25) is 0 Å². The fraction of sp³-hybridized carbons (Fsp3) is 0.481. The van der Waals surface area contributed by atoms with Crippen LogP contribution in [0.25, 0.3) is 10.8 Å². The minimum atomic E-state index is 0.175. The van der Waals surface area contributed by atoms with Crippen LogP contribution in [0.1, 0.15) is 65.9 Å². The van der Waals surface area contributed by atoms with Gasteiger partial charge in [-0.05, 0) is 61.4 Å². The molecule has 1 nitrogen and oxygen atoms in total. The standard InChI is InChI=1S/C27H35N/c1-6-20-13-10-14-21(7-2)25(20)28-19-27(5,18-26(28,3)4)24-16-15-22-11-8-9-12-23(22)17-24/h8-13,15-17,21H,6-7,14,18-19H2,1-5H3/t21-,27?/m1/s1. The number of hydrogen-bond acceptors (Lipinski definition) is 1. The molecule has 4 rings (SSSR count). The van der Waals surface area contributed by atoms with Crippen molar-refractivity contribution in [2.24, 2.45) is 5.92 Å². The lowest BCUT2D eigenvalue weighted by atomic mass is 9.77. The van der Waals surface area contributed by atoms with Crippen molar-refractivity contribution in [2.45, 2.75) is 71.3 Å². The van der Waals surface area contributed by atoms with Gasteiger partial charge in [-0.3, -0.25) is 0 Å². The van der Waals surface area contributed by atoms with E-state index in [1.807, 2.05) is 0 Å². The van der Waals surface area contributed by atoms with Gasteiger partial charge in [0.05, 0.1) is 0 Å². The number of fused-ring (bicyclic) bond motifs is 1. The molecule has 1 aliphatic carbocycles. The molecular formula is C27H35N. The maximum absolute atomic E-state index is 2.78. The molecule has 1 unspecified atom stereocenters. The van der Waals surface area contributed by atoms with Gasteiger partial charge in [0, 0.05) is 29.1 Å². The van der Waals surface area contributed by atoms with Gasteiger partial charge in [-0.2, -0.15) is 0 Å². The zero-order chi connectivity index (χ0) is 19.9. The van der Waals surface area contributed by atoms with Gasteiger partial charge >= 0.3 is 0 Å². The molecule has 0 radical (unpaired) electrons.